The van der Waals surface area contributed by atoms with Crippen molar-refractivity contribution in [2.24, 2.45) is 39.6 Å². The Morgan fingerprint density at radius 2 is 1.25 bits per heavy atom. The summed E-state index contributed by atoms with van der Waals surface area (Å²) in [5.41, 5.74) is 27.5. The van der Waals surface area contributed by atoms with Crippen LogP contribution in [0.3, 0.4) is 0 Å². The number of nitrogens with one attached hydrogen (secondary N) is 10. The highest BCUT2D eigenvalue weighted by Crippen LogP contribution is 2.26. The van der Waals surface area contributed by atoms with E-state index < -0.39 is 187 Å². The number of hydrogen-bond donors (Lipinski definition) is 17. The van der Waals surface area contributed by atoms with Crippen molar-refractivity contribution >= 4 is 132 Å². The number of aliphatic hydroxyl groups excluding tert-OH is 1. The molecule has 3 rings (SSSR count). The summed E-state index contributed by atoms with van der Waals surface area (Å²) < 4.78 is 0. The summed E-state index contributed by atoms with van der Waals surface area (Å²) in [6.07, 6.45) is -1.88. The molecule has 3 fully saturated rings. The second-order valence-corrected chi connectivity index (χ2v) is 23.8. The van der Waals surface area contributed by atoms with Gasteiger partial charge in [-0.15, -0.1) is 0 Å². The molecule has 33 nitrogen and oxygen atoms in total. The van der Waals surface area contributed by atoms with E-state index in [0.29, 0.717) is 0 Å². The second-order valence-electron chi connectivity index (χ2n) is 18.7. The molecule has 0 aromatic carbocycles. The summed E-state index contributed by atoms with van der Waals surface area (Å²) in [6, 6.07) is -16.0. The average molecular weight is 1220 g/mol. The number of amides is 13. The van der Waals surface area contributed by atoms with Crippen LogP contribution in [0.25, 0.3) is 0 Å². The van der Waals surface area contributed by atoms with Crippen molar-refractivity contribution < 1.29 is 77.3 Å². The fourth-order valence-electron chi connectivity index (χ4n) is 7.80. The lowest BCUT2D eigenvalue weighted by atomic mass is 10.0. The number of nitrogens with two attached hydrogens (primary N) is 5. The van der Waals surface area contributed by atoms with Gasteiger partial charge in [-0.1, -0.05) is 57.0 Å². The van der Waals surface area contributed by atoms with Gasteiger partial charge in [0.1, 0.15) is 60.4 Å². The van der Waals surface area contributed by atoms with Crippen LogP contribution in [0.15, 0.2) is 4.99 Å². The summed E-state index contributed by atoms with van der Waals surface area (Å²) in [5.74, 6) is -17.2. The SMILES string of the molecule is CC(C)[C@@H]1NC(=O)[C@@H]2CSSC[C@H](NC(=O)CN)C(=O)N[C@@H](CSSC[C@@H](C(N)=O)NC(=O)CNC(=O)[C@H](CCC(N)=O)NC1=O)C(=O)N[C@@H](CO)C(=O)N[C@@H](CC(=O)O)C(=O)N1CCC[C@H]1C(=O)N[C@@H](CCCN=C(N)N)C(=O)N2. The van der Waals surface area contributed by atoms with Gasteiger partial charge in [-0.3, -0.25) is 72.1 Å². The van der Waals surface area contributed by atoms with Crippen molar-refractivity contribution in [2.75, 3.05) is 55.8 Å². The lowest BCUT2D eigenvalue weighted by Gasteiger charge is -2.30. The zero-order chi connectivity index (χ0) is 60.5. The Balaban J connectivity index is 2.30. The van der Waals surface area contributed by atoms with Crippen molar-refractivity contribution in [3.8, 4) is 0 Å². The van der Waals surface area contributed by atoms with Crippen molar-refractivity contribution in [3.05, 3.63) is 0 Å². The van der Waals surface area contributed by atoms with Gasteiger partial charge >= 0.3 is 5.97 Å². The number of aliphatic carboxylic acids is 1. The van der Waals surface area contributed by atoms with Gasteiger partial charge in [-0.2, -0.15) is 0 Å². The Hall–Kier alpha value is -6.83. The molecule has 13 amide bonds. The minimum Gasteiger partial charge on any atom is -0.481 e. The molecule has 10 atom stereocenters. The molecule has 3 heterocycles. The highest BCUT2D eigenvalue weighted by molar-refractivity contribution is 8.77. The highest BCUT2D eigenvalue weighted by Gasteiger charge is 2.41. The molecule has 0 aromatic rings. The maximum absolute atomic E-state index is 14.5. The van der Waals surface area contributed by atoms with E-state index in [4.69, 9.17) is 28.7 Å². The van der Waals surface area contributed by atoms with Crippen LogP contribution < -0.4 is 81.8 Å². The fourth-order valence-corrected chi connectivity index (χ4v) is 12.5. The number of carbonyl (C=O) groups excluding carboxylic acids is 13. The molecule has 0 radical (unpaired) electrons. The van der Waals surface area contributed by atoms with Crippen molar-refractivity contribution in [3.63, 3.8) is 0 Å². The van der Waals surface area contributed by atoms with E-state index in [1.807, 2.05) is 0 Å². The van der Waals surface area contributed by atoms with Crippen LogP contribution in [0.5, 0.6) is 0 Å². The number of fused-ring (bicyclic) bond motifs is 9. The first-order valence-corrected chi connectivity index (χ1v) is 30.2. The second kappa shape index (κ2) is 34.5. The Kier molecular flexibility index (Phi) is 29.1. The standard InChI is InChI=1S/C44H71N17O16S4/c1-19(2)33-42(76)55-21(7-8-29(46)63)35(69)51-13-31(65)52-24(34(47)68)15-78-80-17-26-39(73)57-23(14-62)37(71)56-22(11-32(66)67)43(77)61-10-4-6-28(61)41(75)54-20(5-3-9-50-44(48)49)36(70)58-27(40(74)60-33)18-81-79-16-25(38(72)59-26)53-30(64)12-45/h19-28,33,62H,3-18,45H2,1-2H3,(H2,46,63)(H2,47,68)(H,51,69)(H,52,65)(H,53,64)(H,54,75)(H,55,76)(H,56,71)(H,57,73)(H,58,70)(H,59,72)(H,60,74)(H,66,67)(H4,48,49,50)/t20-,21-,22-,23-,24-,25-,26-,27-,28-,33-/m0/s1. The maximum atomic E-state index is 14.5. The van der Waals surface area contributed by atoms with Gasteiger partial charge in [0.25, 0.3) is 0 Å². The molecular weight excluding hydrogens is 1150 g/mol. The third kappa shape index (κ3) is 23.3. The first-order valence-electron chi connectivity index (χ1n) is 25.2. The normalized spacial score (nSPS) is 27.0. The lowest BCUT2D eigenvalue weighted by molar-refractivity contribution is -0.146. The zero-order valence-electron chi connectivity index (χ0n) is 44.2. The van der Waals surface area contributed by atoms with E-state index in [9.17, 15) is 77.3 Å². The van der Waals surface area contributed by atoms with Gasteiger partial charge in [0, 0.05) is 42.5 Å². The van der Waals surface area contributed by atoms with E-state index in [1.165, 1.54) is 13.8 Å². The fraction of sp³-hybridized carbons (Fsp3) is 0.659. The maximum Gasteiger partial charge on any atom is 0.305 e. The summed E-state index contributed by atoms with van der Waals surface area (Å²) in [7, 11) is 3.41. The van der Waals surface area contributed by atoms with Crippen LogP contribution in [0.2, 0.25) is 0 Å². The number of hydrogen-bond acceptors (Lipinski definition) is 21. The summed E-state index contributed by atoms with van der Waals surface area (Å²) >= 11 is 0. The number of aliphatic imine (C=N–C) groups is 1. The zero-order valence-corrected chi connectivity index (χ0v) is 47.5. The van der Waals surface area contributed by atoms with Crippen molar-refractivity contribution in [1.82, 2.24) is 58.1 Å². The molecule has 2 bridgehead atoms. The Labute approximate surface area is 479 Å². The lowest BCUT2D eigenvalue weighted by Crippen LogP contribution is -2.61. The van der Waals surface area contributed by atoms with Gasteiger partial charge in [-0.25, -0.2) is 0 Å². The molecule has 3 saturated heterocycles. The van der Waals surface area contributed by atoms with Crippen LogP contribution in [0, 0.1) is 5.92 Å². The average Bonchev–Trinajstić information content (AvgIpc) is 3.91. The van der Waals surface area contributed by atoms with Gasteiger partial charge in [-0.05, 0) is 38.0 Å². The molecule has 0 unspecified atom stereocenters. The van der Waals surface area contributed by atoms with E-state index in [1.54, 1.807) is 0 Å². The molecule has 37 heteroatoms. The molecular formula is C44H71N17O16S4. The molecule has 452 valence electrons. The molecule has 0 aliphatic carbocycles. The van der Waals surface area contributed by atoms with Crippen molar-refractivity contribution in [1.29, 1.82) is 0 Å². The number of carbonyl (C=O) groups is 14. The van der Waals surface area contributed by atoms with Crippen LogP contribution >= 0.6 is 43.2 Å². The molecule has 22 N–H and O–H groups in total. The number of nitrogens with zero attached hydrogens (tertiary/aromatic N) is 2. The largest absolute Gasteiger partial charge is 0.481 e. The summed E-state index contributed by atoms with van der Waals surface area (Å²) in [5, 5.41) is 44.5. The molecule has 0 aromatic heterocycles. The van der Waals surface area contributed by atoms with Gasteiger partial charge in [0.2, 0.25) is 76.8 Å². The van der Waals surface area contributed by atoms with Gasteiger partial charge in [0.15, 0.2) is 5.96 Å². The van der Waals surface area contributed by atoms with Crippen LogP contribution in [0.4, 0.5) is 0 Å². The van der Waals surface area contributed by atoms with Crippen molar-refractivity contribution in [2.45, 2.75) is 119 Å². The Bertz CT molecular complexity index is 2370. The first-order chi connectivity index (χ1) is 38.3. The monoisotopic (exact) mass is 1220 g/mol. The Morgan fingerprint density at radius 1 is 0.679 bits per heavy atom. The van der Waals surface area contributed by atoms with Crippen LogP contribution in [-0.2, 0) is 67.1 Å². The first kappa shape index (κ1) is 68.4. The number of carboxylic acids is 1. The van der Waals surface area contributed by atoms with E-state index in [0.717, 1.165) is 48.1 Å². The topological polar surface area (TPSA) is 545 Å². The number of carboxylic acid groups (broad SMARTS) is 1. The number of primary amides is 2. The minimum atomic E-state index is -1.93. The molecule has 81 heavy (non-hydrogen) atoms. The quantitative estimate of drug-likeness (QED) is 0.0332. The summed E-state index contributed by atoms with van der Waals surface area (Å²) in [6.45, 7) is 0.271. The molecule has 0 spiro atoms. The van der Waals surface area contributed by atoms with Gasteiger partial charge in [0.05, 0.1) is 26.1 Å². The number of guanidine groups is 1. The predicted molar refractivity (Wildman–Crippen MR) is 296 cm³/mol. The molecule has 3 aliphatic rings. The van der Waals surface area contributed by atoms with Crippen LogP contribution in [0.1, 0.15) is 58.8 Å². The van der Waals surface area contributed by atoms with E-state index >= 15 is 0 Å². The molecule has 3 aliphatic heterocycles. The highest BCUT2D eigenvalue weighted by atomic mass is 33.1. The third-order valence-electron chi connectivity index (χ3n) is 12.1. The Morgan fingerprint density at radius 3 is 1.84 bits per heavy atom. The predicted octanol–water partition coefficient (Wildman–Crippen LogP) is -8.87. The smallest absolute Gasteiger partial charge is 0.305 e. The van der Waals surface area contributed by atoms with Gasteiger partial charge < -0.3 is 96.9 Å². The number of aliphatic hydroxyl groups is 1. The summed E-state index contributed by atoms with van der Waals surface area (Å²) in [4.78, 5) is 194. The minimum absolute atomic E-state index is 0.0144. The van der Waals surface area contributed by atoms with E-state index in [-0.39, 0.29) is 68.4 Å². The van der Waals surface area contributed by atoms with Crippen LogP contribution in [-0.4, -0.2) is 220 Å². The van der Waals surface area contributed by atoms with E-state index in [2.05, 4.69) is 58.2 Å². The third-order valence-corrected chi connectivity index (χ3v) is 16.9. The molecule has 0 saturated carbocycles. The number of rotatable bonds is 14.